The van der Waals surface area contributed by atoms with Gasteiger partial charge in [-0.2, -0.15) is 0 Å². The fourth-order valence-corrected chi connectivity index (χ4v) is 1.94. The van der Waals surface area contributed by atoms with Gasteiger partial charge in [0.25, 0.3) is 5.91 Å². The van der Waals surface area contributed by atoms with E-state index in [0.717, 1.165) is 23.1 Å². The number of rotatable bonds is 4. The number of hydrogen-bond acceptors (Lipinski definition) is 2. The molecule has 94 valence electrons. The van der Waals surface area contributed by atoms with Crippen molar-refractivity contribution in [2.24, 2.45) is 5.73 Å². The van der Waals surface area contributed by atoms with Crippen LogP contribution in [0.3, 0.4) is 0 Å². The minimum Gasteiger partial charge on any atom is -0.339 e. The zero-order chi connectivity index (χ0) is 13.0. The van der Waals surface area contributed by atoms with Gasteiger partial charge in [-0.1, -0.05) is 17.2 Å². The molecule has 3 nitrogen and oxygen atoms in total. The second-order valence-corrected chi connectivity index (χ2v) is 4.72. The molecule has 1 atom stereocenters. The van der Waals surface area contributed by atoms with E-state index in [9.17, 15) is 4.79 Å². The van der Waals surface area contributed by atoms with E-state index in [2.05, 4.69) is 6.07 Å². The number of nitrogens with two attached hydrogens (primary N) is 1. The third-order valence-corrected chi connectivity index (χ3v) is 3.03. The number of benzene rings is 1. The Morgan fingerprint density at radius 1 is 1.29 bits per heavy atom. The molecule has 0 aromatic heterocycles. The molecule has 1 rings (SSSR count). The van der Waals surface area contributed by atoms with Crippen molar-refractivity contribution in [2.45, 2.75) is 33.2 Å². The lowest BCUT2D eigenvalue weighted by Crippen LogP contribution is -2.36. The molecule has 0 aliphatic carbocycles. The molecular weight excluding hydrogens is 212 g/mol. The van der Waals surface area contributed by atoms with Crippen molar-refractivity contribution in [3.63, 3.8) is 0 Å². The van der Waals surface area contributed by atoms with Crippen LogP contribution in [0.1, 0.15) is 34.8 Å². The minimum absolute atomic E-state index is 0.0674. The van der Waals surface area contributed by atoms with Gasteiger partial charge in [0.1, 0.15) is 0 Å². The fourth-order valence-electron chi connectivity index (χ4n) is 1.94. The second kappa shape index (κ2) is 5.82. The van der Waals surface area contributed by atoms with Crippen LogP contribution in [0.25, 0.3) is 0 Å². The van der Waals surface area contributed by atoms with Crippen molar-refractivity contribution < 1.29 is 4.79 Å². The van der Waals surface area contributed by atoms with Crippen LogP contribution in [0.4, 0.5) is 0 Å². The highest BCUT2D eigenvalue weighted by atomic mass is 16.2. The Labute approximate surface area is 104 Å². The van der Waals surface area contributed by atoms with Crippen molar-refractivity contribution in [1.29, 1.82) is 0 Å². The summed E-state index contributed by atoms with van der Waals surface area (Å²) in [5, 5.41) is 0. The summed E-state index contributed by atoms with van der Waals surface area (Å²) in [6, 6.07) is 6.11. The average Bonchev–Trinajstić information content (AvgIpc) is 2.26. The Balaban J connectivity index is 2.88. The summed E-state index contributed by atoms with van der Waals surface area (Å²) in [6.45, 7) is 6.64. The summed E-state index contributed by atoms with van der Waals surface area (Å²) >= 11 is 0. The van der Waals surface area contributed by atoms with Gasteiger partial charge < -0.3 is 10.6 Å². The van der Waals surface area contributed by atoms with Crippen LogP contribution in [-0.2, 0) is 0 Å². The predicted molar refractivity (Wildman–Crippen MR) is 71.1 cm³/mol. The summed E-state index contributed by atoms with van der Waals surface area (Å²) in [7, 11) is 1.83. The van der Waals surface area contributed by atoms with Gasteiger partial charge in [-0.05, 0) is 45.9 Å². The molecule has 0 saturated heterocycles. The maximum absolute atomic E-state index is 12.3. The van der Waals surface area contributed by atoms with Gasteiger partial charge in [0.15, 0.2) is 0 Å². The Hall–Kier alpha value is -1.35. The smallest absolute Gasteiger partial charge is 0.253 e. The average molecular weight is 234 g/mol. The van der Waals surface area contributed by atoms with Crippen molar-refractivity contribution in [3.05, 3.63) is 34.9 Å². The molecule has 1 aromatic rings. The molecule has 0 aliphatic rings. The maximum atomic E-state index is 12.3. The van der Waals surface area contributed by atoms with E-state index in [-0.39, 0.29) is 11.9 Å². The van der Waals surface area contributed by atoms with Gasteiger partial charge >= 0.3 is 0 Å². The molecular formula is C14H22N2O. The Bertz CT molecular complexity index is 381. The molecule has 0 radical (unpaired) electrons. The van der Waals surface area contributed by atoms with Crippen molar-refractivity contribution in [1.82, 2.24) is 4.90 Å². The summed E-state index contributed by atoms with van der Waals surface area (Å²) < 4.78 is 0. The lowest BCUT2D eigenvalue weighted by molar-refractivity contribution is 0.0739. The van der Waals surface area contributed by atoms with Gasteiger partial charge in [0.2, 0.25) is 0 Å². The van der Waals surface area contributed by atoms with E-state index in [4.69, 9.17) is 5.73 Å². The molecule has 3 heteroatoms. The molecule has 1 unspecified atom stereocenters. The van der Waals surface area contributed by atoms with Crippen LogP contribution < -0.4 is 5.73 Å². The summed E-state index contributed by atoms with van der Waals surface area (Å²) in [5.41, 5.74) is 8.51. The van der Waals surface area contributed by atoms with Crippen LogP contribution in [-0.4, -0.2) is 30.4 Å². The largest absolute Gasteiger partial charge is 0.339 e. The third-order valence-electron chi connectivity index (χ3n) is 3.03. The first kappa shape index (κ1) is 13.7. The maximum Gasteiger partial charge on any atom is 0.253 e. The summed E-state index contributed by atoms with van der Waals surface area (Å²) in [5.74, 6) is 0.0674. The van der Waals surface area contributed by atoms with E-state index >= 15 is 0 Å². The molecule has 0 spiro atoms. The van der Waals surface area contributed by atoms with E-state index in [0.29, 0.717) is 6.54 Å². The summed E-state index contributed by atoms with van der Waals surface area (Å²) in [6.07, 6.45) is 0.826. The highest BCUT2D eigenvalue weighted by Gasteiger charge is 2.17. The first-order valence-corrected chi connectivity index (χ1v) is 6.01. The Morgan fingerprint density at radius 3 is 2.29 bits per heavy atom. The molecule has 1 aromatic carbocycles. The molecule has 0 fully saturated rings. The molecule has 2 N–H and O–H groups in total. The van der Waals surface area contributed by atoms with Crippen LogP contribution in [0.15, 0.2) is 18.2 Å². The monoisotopic (exact) mass is 234 g/mol. The lowest BCUT2D eigenvalue weighted by Gasteiger charge is -2.25. The predicted octanol–water partition coefficient (Wildman–Crippen LogP) is 2.11. The number of carbonyl (C=O) groups is 1. The van der Waals surface area contributed by atoms with E-state index in [1.807, 2.05) is 40.0 Å². The minimum atomic E-state index is 0.0674. The topological polar surface area (TPSA) is 46.3 Å². The number of carbonyl (C=O) groups excluding carboxylic acids is 1. The summed E-state index contributed by atoms with van der Waals surface area (Å²) in [4.78, 5) is 14.0. The number of nitrogens with zero attached hydrogens (tertiary/aromatic N) is 1. The second-order valence-electron chi connectivity index (χ2n) is 4.72. The SMILES string of the molecule is Cc1cc(C)cc(C(=O)N(C)C(C)CCN)c1. The van der Waals surface area contributed by atoms with Crippen LogP contribution in [0.5, 0.6) is 0 Å². The molecule has 17 heavy (non-hydrogen) atoms. The Kier molecular flexibility index (Phi) is 4.70. The van der Waals surface area contributed by atoms with E-state index in [1.54, 1.807) is 4.90 Å². The Morgan fingerprint density at radius 2 is 1.82 bits per heavy atom. The van der Waals surface area contributed by atoms with Crippen LogP contribution in [0.2, 0.25) is 0 Å². The highest BCUT2D eigenvalue weighted by molar-refractivity contribution is 5.94. The van der Waals surface area contributed by atoms with Gasteiger partial charge in [0, 0.05) is 18.7 Å². The van der Waals surface area contributed by atoms with Crippen molar-refractivity contribution >= 4 is 5.91 Å². The van der Waals surface area contributed by atoms with Crippen molar-refractivity contribution in [3.8, 4) is 0 Å². The first-order valence-electron chi connectivity index (χ1n) is 6.01. The zero-order valence-electron chi connectivity index (χ0n) is 11.2. The molecule has 0 bridgehead atoms. The lowest BCUT2D eigenvalue weighted by atomic mass is 10.1. The van der Waals surface area contributed by atoms with Gasteiger partial charge in [-0.25, -0.2) is 0 Å². The first-order chi connectivity index (χ1) is 7.95. The number of amides is 1. The molecule has 0 heterocycles. The third kappa shape index (κ3) is 3.56. The highest BCUT2D eigenvalue weighted by Crippen LogP contribution is 2.13. The van der Waals surface area contributed by atoms with Crippen LogP contribution in [0, 0.1) is 13.8 Å². The van der Waals surface area contributed by atoms with E-state index < -0.39 is 0 Å². The fraction of sp³-hybridized carbons (Fsp3) is 0.500. The molecule has 1 amide bonds. The molecule has 0 aliphatic heterocycles. The van der Waals surface area contributed by atoms with Gasteiger partial charge in [-0.3, -0.25) is 4.79 Å². The van der Waals surface area contributed by atoms with Gasteiger partial charge in [0.05, 0.1) is 0 Å². The normalized spacial score (nSPS) is 12.3. The number of hydrogen-bond donors (Lipinski definition) is 1. The zero-order valence-corrected chi connectivity index (χ0v) is 11.2. The van der Waals surface area contributed by atoms with E-state index in [1.165, 1.54) is 0 Å². The number of aryl methyl sites for hydroxylation is 2. The van der Waals surface area contributed by atoms with Crippen molar-refractivity contribution in [2.75, 3.05) is 13.6 Å². The van der Waals surface area contributed by atoms with Gasteiger partial charge in [-0.15, -0.1) is 0 Å². The standard InChI is InChI=1S/C14H22N2O/c1-10-7-11(2)9-13(8-10)14(17)16(4)12(3)5-6-15/h7-9,12H,5-6,15H2,1-4H3. The van der Waals surface area contributed by atoms with Crippen LogP contribution >= 0.6 is 0 Å². The molecule has 0 saturated carbocycles. The quantitative estimate of drug-likeness (QED) is 0.867.